The highest BCUT2D eigenvalue weighted by molar-refractivity contribution is 5.73. The molecule has 0 aliphatic rings. The Labute approximate surface area is 184 Å². The fourth-order valence-corrected chi connectivity index (χ4v) is 4.61. The van der Waals surface area contributed by atoms with Crippen molar-refractivity contribution in [1.82, 2.24) is 0 Å². The minimum atomic E-state index is 1.17. The largest absolute Gasteiger partial charge is 0.0558 e. The smallest absolute Gasteiger partial charge is 0.0149 e. The number of aryl methyl sites for hydroxylation is 10. The molecule has 3 aromatic carbocycles. The molecule has 0 fully saturated rings. The van der Waals surface area contributed by atoms with Crippen LogP contribution in [0.25, 0.3) is 11.1 Å². The first-order chi connectivity index (χ1) is 14.2. The van der Waals surface area contributed by atoms with Gasteiger partial charge in [-0.1, -0.05) is 36.4 Å². The Balaban J connectivity index is 1.71. The highest BCUT2D eigenvalue weighted by Crippen LogP contribution is 2.31. The van der Waals surface area contributed by atoms with Crippen LogP contribution in [0.4, 0.5) is 0 Å². The second-order valence-electron chi connectivity index (χ2n) is 9.42. The van der Waals surface area contributed by atoms with Crippen molar-refractivity contribution in [3.63, 3.8) is 0 Å². The van der Waals surface area contributed by atoms with Gasteiger partial charge in [0.25, 0.3) is 0 Å². The van der Waals surface area contributed by atoms with Gasteiger partial charge in [0.1, 0.15) is 0 Å². The lowest BCUT2D eigenvalue weighted by molar-refractivity contribution is 0.729. The Morgan fingerprint density at radius 1 is 0.367 bits per heavy atom. The van der Waals surface area contributed by atoms with E-state index in [9.17, 15) is 0 Å². The first kappa shape index (κ1) is 22.3. The molecule has 30 heavy (non-hydrogen) atoms. The van der Waals surface area contributed by atoms with Crippen LogP contribution in [0.5, 0.6) is 0 Å². The molecule has 0 bridgehead atoms. The van der Waals surface area contributed by atoms with E-state index in [2.05, 4.69) is 91.8 Å². The summed E-state index contributed by atoms with van der Waals surface area (Å²) in [4.78, 5) is 0. The van der Waals surface area contributed by atoms with Crippen LogP contribution in [0.1, 0.15) is 68.5 Å². The summed E-state index contributed by atoms with van der Waals surface area (Å²) >= 11 is 0. The van der Waals surface area contributed by atoms with E-state index in [1.807, 2.05) is 0 Å². The SMILES string of the molecule is Cc1cc(C)c(CCCCc2cc(C)c(-c3cc(C)c(C)cc3C)cc2C)cc1C. The summed E-state index contributed by atoms with van der Waals surface area (Å²) in [6, 6.07) is 14.3. The van der Waals surface area contributed by atoms with E-state index < -0.39 is 0 Å². The molecule has 0 amide bonds. The topological polar surface area (TPSA) is 0 Å². The zero-order valence-electron chi connectivity index (χ0n) is 20.3. The van der Waals surface area contributed by atoms with Crippen molar-refractivity contribution >= 4 is 0 Å². The van der Waals surface area contributed by atoms with E-state index >= 15 is 0 Å². The minimum absolute atomic E-state index is 1.17. The van der Waals surface area contributed by atoms with Crippen LogP contribution >= 0.6 is 0 Å². The lowest BCUT2D eigenvalue weighted by Crippen LogP contribution is -1.98. The third-order valence-electron chi connectivity index (χ3n) is 6.91. The molecule has 158 valence electrons. The number of hydrogen-bond donors (Lipinski definition) is 0. The fraction of sp³-hybridized carbons (Fsp3) is 0.400. The fourth-order valence-electron chi connectivity index (χ4n) is 4.61. The predicted molar refractivity (Wildman–Crippen MR) is 133 cm³/mol. The number of unbranched alkanes of at least 4 members (excludes halogenated alkanes) is 1. The molecule has 0 atom stereocenters. The van der Waals surface area contributed by atoms with Crippen molar-refractivity contribution in [2.75, 3.05) is 0 Å². The average Bonchev–Trinajstić information content (AvgIpc) is 2.68. The second kappa shape index (κ2) is 9.21. The van der Waals surface area contributed by atoms with Crippen LogP contribution in [-0.4, -0.2) is 0 Å². The van der Waals surface area contributed by atoms with Gasteiger partial charge in [-0.05, 0) is 148 Å². The molecule has 0 aromatic heterocycles. The maximum Gasteiger partial charge on any atom is -0.0149 e. The van der Waals surface area contributed by atoms with Gasteiger partial charge in [-0.2, -0.15) is 0 Å². The summed E-state index contributed by atoms with van der Waals surface area (Å²) < 4.78 is 0. The first-order valence-corrected chi connectivity index (χ1v) is 11.4. The third kappa shape index (κ3) is 4.86. The van der Waals surface area contributed by atoms with Crippen molar-refractivity contribution in [3.8, 4) is 11.1 Å². The Kier molecular flexibility index (Phi) is 6.86. The Hall–Kier alpha value is -2.34. The Morgan fingerprint density at radius 3 is 1.27 bits per heavy atom. The van der Waals surface area contributed by atoms with Gasteiger partial charge in [0.05, 0.1) is 0 Å². The van der Waals surface area contributed by atoms with Crippen molar-refractivity contribution in [1.29, 1.82) is 0 Å². The first-order valence-electron chi connectivity index (χ1n) is 11.4. The van der Waals surface area contributed by atoms with Gasteiger partial charge >= 0.3 is 0 Å². The van der Waals surface area contributed by atoms with Gasteiger partial charge in [-0.25, -0.2) is 0 Å². The highest BCUT2D eigenvalue weighted by Gasteiger charge is 2.11. The van der Waals surface area contributed by atoms with Crippen LogP contribution in [0.3, 0.4) is 0 Å². The van der Waals surface area contributed by atoms with E-state index in [4.69, 9.17) is 0 Å². The highest BCUT2D eigenvalue weighted by atomic mass is 14.2. The van der Waals surface area contributed by atoms with Crippen LogP contribution in [0, 0.1) is 55.4 Å². The molecule has 0 heteroatoms. The number of rotatable bonds is 6. The number of benzene rings is 3. The van der Waals surface area contributed by atoms with E-state index in [0.717, 1.165) is 0 Å². The summed E-state index contributed by atoms with van der Waals surface area (Å²) in [5.74, 6) is 0. The van der Waals surface area contributed by atoms with Gasteiger partial charge < -0.3 is 0 Å². The third-order valence-corrected chi connectivity index (χ3v) is 6.91. The maximum atomic E-state index is 2.43. The minimum Gasteiger partial charge on any atom is -0.0558 e. The Morgan fingerprint density at radius 2 is 0.700 bits per heavy atom. The van der Waals surface area contributed by atoms with Crippen LogP contribution < -0.4 is 0 Å². The number of hydrogen-bond acceptors (Lipinski definition) is 0. The van der Waals surface area contributed by atoms with Crippen LogP contribution in [0.2, 0.25) is 0 Å². The zero-order chi connectivity index (χ0) is 22.0. The monoisotopic (exact) mass is 398 g/mol. The van der Waals surface area contributed by atoms with Crippen LogP contribution in [-0.2, 0) is 12.8 Å². The second-order valence-corrected chi connectivity index (χ2v) is 9.42. The van der Waals surface area contributed by atoms with E-state index in [1.165, 1.54) is 92.4 Å². The predicted octanol–water partition coefficient (Wildman–Crippen LogP) is 8.39. The quantitative estimate of drug-likeness (QED) is 0.366. The molecule has 3 rings (SSSR count). The van der Waals surface area contributed by atoms with Gasteiger partial charge in [0.2, 0.25) is 0 Å². The molecular weight excluding hydrogens is 360 g/mol. The molecule has 0 radical (unpaired) electrons. The lowest BCUT2D eigenvalue weighted by atomic mass is 9.89. The van der Waals surface area contributed by atoms with Crippen molar-refractivity contribution in [2.24, 2.45) is 0 Å². The lowest BCUT2D eigenvalue weighted by Gasteiger charge is -2.16. The normalized spacial score (nSPS) is 11.2. The summed E-state index contributed by atoms with van der Waals surface area (Å²) in [7, 11) is 0. The molecule has 0 saturated heterocycles. The van der Waals surface area contributed by atoms with Gasteiger partial charge in [-0.15, -0.1) is 0 Å². The molecule has 0 aliphatic carbocycles. The molecule has 3 aromatic rings. The summed E-state index contributed by atoms with van der Waals surface area (Å²) in [5.41, 5.74) is 17.0. The average molecular weight is 399 g/mol. The van der Waals surface area contributed by atoms with Crippen molar-refractivity contribution in [2.45, 2.75) is 81.1 Å². The standard InChI is InChI=1S/C30H38/c1-19-13-23(5)27(15-21(19)3)11-9-10-12-28-16-26(8)30(18-24(28)6)29-17-22(4)20(2)14-25(29)7/h13-18H,9-12H2,1-8H3. The van der Waals surface area contributed by atoms with E-state index in [-0.39, 0.29) is 0 Å². The Bertz CT molecular complexity index is 1070. The van der Waals surface area contributed by atoms with E-state index in [1.54, 1.807) is 0 Å². The van der Waals surface area contributed by atoms with Crippen LogP contribution in [0.15, 0.2) is 36.4 Å². The van der Waals surface area contributed by atoms with Gasteiger partial charge in [0.15, 0.2) is 0 Å². The van der Waals surface area contributed by atoms with Gasteiger partial charge in [0, 0.05) is 0 Å². The molecule has 0 heterocycles. The molecule has 0 nitrogen and oxygen atoms in total. The van der Waals surface area contributed by atoms with Gasteiger partial charge in [-0.3, -0.25) is 0 Å². The van der Waals surface area contributed by atoms with E-state index in [0.29, 0.717) is 0 Å². The maximum absolute atomic E-state index is 2.43. The zero-order valence-corrected chi connectivity index (χ0v) is 20.3. The summed E-state index contributed by atoms with van der Waals surface area (Å²) in [5, 5.41) is 0. The summed E-state index contributed by atoms with van der Waals surface area (Å²) in [6.45, 7) is 17.9. The molecule has 0 N–H and O–H groups in total. The summed E-state index contributed by atoms with van der Waals surface area (Å²) in [6.07, 6.45) is 4.85. The molecule has 0 spiro atoms. The molecule has 0 aliphatic heterocycles. The molecule has 0 unspecified atom stereocenters. The van der Waals surface area contributed by atoms with Crippen molar-refractivity contribution < 1.29 is 0 Å². The molecular formula is C30H38. The molecule has 0 saturated carbocycles. The van der Waals surface area contributed by atoms with Crippen molar-refractivity contribution in [3.05, 3.63) is 92.0 Å².